The number of hydrogen-bond acceptors (Lipinski definition) is 1. The lowest BCUT2D eigenvalue weighted by Crippen LogP contribution is -2.35. The molecule has 0 saturated heterocycles. The van der Waals surface area contributed by atoms with Gasteiger partial charge >= 0.3 is 0 Å². The third kappa shape index (κ3) is 2.71. The molecular formula is C15H21ClO. The number of carbonyl (C=O) groups is 1. The van der Waals surface area contributed by atoms with Gasteiger partial charge in [-0.3, -0.25) is 4.79 Å². The van der Waals surface area contributed by atoms with Crippen molar-refractivity contribution >= 4 is 16.8 Å². The summed E-state index contributed by atoms with van der Waals surface area (Å²) in [6.45, 7) is 10.3. The number of halogens is 1. The molecule has 17 heavy (non-hydrogen) atoms. The molecule has 1 nitrogen and oxygen atoms in total. The Morgan fingerprint density at radius 1 is 1.12 bits per heavy atom. The molecule has 1 aromatic carbocycles. The van der Waals surface area contributed by atoms with Gasteiger partial charge in [-0.1, -0.05) is 52.0 Å². The number of carbonyl (C=O) groups excluding carboxylic acids is 1. The lowest BCUT2D eigenvalue weighted by molar-refractivity contribution is -0.117. The van der Waals surface area contributed by atoms with E-state index in [2.05, 4.69) is 26.0 Å². The first kappa shape index (κ1) is 14.2. The van der Waals surface area contributed by atoms with E-state index in [0.29, 0.717) is 5.92 Å². The molecule has 0 radical (unpaired) electrons. The van der Waals surface area contributed by atoms with Crippen LogP contribution in [0.5, 0.6) is 0 Å². The van der Waals surface area contributed by atoms with E-state index in [-0.39, 0.29) is 11.2 Å². The average Bonchev–Trinajstić information content (AvgIpc) is 2.27. The van der Waals surface area contributed by atoms with Crippen LogP contribution in [0, 0.1) is 5.92 Å². The van der Waals surface area contributed by atoms with E-state index in [1.165, 1.54) is 5.56 Å². The molecule has 1 aromatic rings. The number of benzene rings is 1. The monoisotopic (exact) mass is 252 g/mol. The van der Waals surface area contributed by atoms with Crippen molar-refractivity contribution in [1.82, 2.24) is 0 Å². The molecule has 0 aliphatic heterocycles. The second-order valence-electron chi connectivity index (χ2n) is 5.41. The Morgan fingerprint density at radius 2 is 1.59 bits per heavy atom. The molecule has 0 N–H and O–H groups in total. The van der Waals surface area contributed by atoms with Gasteiger partial charge < -0.3 is 0 Å². The molecule has 0 aliphatic rings. The van der Waals surface area contributed by atoms with Crippen molar-refractivity contribution in [3.05, 3.63) is 35.4 Å². The van der Waals surface area contributed by atoms with Crippen LogP contribution in [0.15, 0.2) is 24.3 Å². The second kappa shape index (κ2) is 5.22. The molecule has 0 aromatic heterocycles. The van der Waals surface area contributed by atoms with Crippen LogP contribution in [0.25, 0.3) is 0 Å². The fraction of sp³-hybridized carbons (Fsp3) is 0.533. The largest absolute Gasteiger partial charge is 0.280 e. The van der Waals surface area contributed by atoms with Gasteiger partial charge in [-0.05, 0) is 41.5 Å². The Balaban J connectivity index is 3.18. The molecular weight excluding hydrogens is 232 g/mol. The van der Waals surface area contributed by atoms with Gasteiger partial charge in [0.15, 0.2) is 0 Å². The van der Waals surface area contributed by atoms with Crippen LogP contribution in [0.4, 0.5) is 0 Å². The summed E-state index contributed by atoms with van der Waals surface area (Å²) in [7, 11) is 0. The quantitative estimate of drug-likeness (QED) is 0.722. The summed E-state index contributed by atoms with van der Waals surface area (Å²) in [4.78, 5) is 11.7. The van der Waals surface area contributed by atoms with Crippen molar-refractivity contribution in [1.29, 1.82) is 0 Å². The van der Waals surface area contributed by atoms with E-state index < -0.39 is 5.41 Å². The van der Waals surface area contributed by atoms with Crippen LogP contribution in [0.2, 0.25) is 0 Å². The first-order chi connectivity index (χ1) is 7.80. The zero-order valence-corrected chi connectivity index (χ0v) is 12.0. The minimum atomic E-state index is -0.600. The Morgan fingerprint density at radius 3 is 1.88 bits per heavy atom. The molecule has 0 aliphatic carbocycles. The second-order valence-corrected chi connectivity index (χ2v) is 5.75. The third-order valence-electron chi connectivity index (χ3n) is 3.74. The maximum absolute atomic E-state index is 11.7. The minimum absolute atomic E-state index is 0.178. The van der Waals surface area contributed by atoms with Crippen LogP contribution >= 0.6 is 11.6 Å². The van der Waals surface area contributed by atoms with E-state index in [1.807, 2.05) is 32.9 Å². The maximum Gasteiger partial charge on any atom is 0.232 e. The van der Waals surface area contributed by atoms with E-state index in [1.54, 1.807) is 0 Å². The summed E-state index contributed by atoms with van der Waals surface area (Å²) in [6.07, 6.45) is 0. The van der Waals surface area contributed by atoms with E-state index in [9.17, 15) is 4.79 Å². The number of rotatable bonds is 4. The zero-order chi connectivity index (χ0) is 13.2. The summed E-state index contributed by atoms with van der Waals surface area (Å²) in [6, 6.07) is 8.21. The van der Waals surface area contributed by atoms with Crippen LogP contribution in [-0.2, 0) is 10.2 Å². The zero-order valence-electron chi connectivity index (χ0n) is 11.3. The molecule has 0 amide bonds. The molecule has 0 fully saturated rings. The van der Waals surface area contributed by atoms with Crippen LogP contribution in [0.3, 0.4) is 0 Å². The molecule has 94 valence electrons. The van der Waals surface area contributed by atoms with E-state index in [0.717, 1.165) is 5.56 Å². The number of hydrogen-bond donors (Lipinski definition) is 0. The summed E-state index contributed by atoms with van der Waals surface area (Å²) in [5.74, 6) is 0.679. The van der Waals surface area contributed by atoms with Gasteiger partial charge in [-0.2, -0.15) is 0 Å². The van der Waals surface area contributed by atoms with Crippen LogP contribution in [0.1, 0.15) is 51.7 Å². The topological polar surface area (TPSA) is 17.1 Å². The highest BCUT2D eigenvalue weighted by Gasteiger charge is 2.37. The molecule has 2 heteroatoms. The summed E-state index contributed by atoms with van der Waals surface area (Å²) < 4.78 is 0. The van der Waals surface area contributed by atoms with Crippen LogP contribution < -0.4 is 0 Å². The third-order valence-corrected chi connectivity index (χ3v) is 4.13. The summed E-state index contributed by atoms with van der Waals surface area (Å²) in [5, 5.41) is -0.287. The lowest BCUT2D eigenvalue weighted by Gasteiger charge is -2.30. The molecule has 1 atom stereocenters. The predicted molar refractivity (Wildman–Crippen MR) is 73.6 cm³/mol. The van der Waals surface area contributed by atoms with Gasteiger partial charge in [0.1, 0.15) is 0 Å². The van der Waals surface area contributed by atoms with Crippen LogP contribution in [-0.4, -0.2) is 5.24 Å². The molecule has 1 unspecified atom stereocenters. The molecule has 0 spiro atoms. The highest BCUT2D eigenvalue weighted by atomic mass is 35.5. The van der Waals surface area contributed by atoms with Gasteiger partial charge in [0.2, 0.25) is 5.24 Å². The molecule has 1 rings (SSSR count). The van der Waals surface area contributed by atoms with E-state index >= 15 is 0 Å². The Hall–Kier alpha value is -0.820. The van der Waals surface area contributed by atoms with E-state index in [4.69, 9.17) is 11.6 Å². The van der Waals surface area contributed by atoms with Crippen molar-refractivity contribution in [3.63, 3.8) is 0 Å². The van der Waals surface area contributed by atoms with Crippen molar-refractivity contribution in [2.75, 3.05) is 0 Å². The molecule has 0 saturated carbocycles. The SMILES string of the molecule is CC(C)c1ccc(C(C)(C(=O)Cl)C(C)C)cc1. The Kier molecular flexibility index (Phi) is 4.37. The standard InChI is InChI=1S/C15H21ClO/c1-10(2)12-6-8-13(9-7-12)15(5,11(3)4)14(16)17/h6-11H,1-5H3. The fourth-order valence-electron chi connectivity index (χ4n) is 1.89. The van der Waals surface area contributed by atoms with Crippen molar-refractivity contribution in [2.45, 2.75) is 46.0 Å². The highest BCUT2D eigenvalue weighted by molar-refractivity contribution is 6.65. The van der Waals surface area contributed by atoms with Crippen molar-refractivity contribution in [3.8, 4) is 0 Å². The predicted octanol–water partition coefficient (Wildman–Crippen LogP) is 4.49. The van der Waals surface area contributed by atoms with Gasteiger partial charge in [0.05, 0.1) is 5.41 Å². The Bertz CT molecular complexity index is 392. The highest BCUT2D eigenvalue weighted by Crippen LogP contribution is 2.34. The molecule has 0 bridgehead atoms. The first-order valence-electron chi connectivity index (χ1n) is 6.10. The van der Waals surface area contributed by atoms with Gasteiger partial charge in [-0.25, -0.2) is 0 Å². The fourth-order valence-corrected chi connectivity index (χ4v) is 2.22. The Labute approximate surface area is 109 Å². The summed E-state index contributed by atoms with van der Waals surface area (Å²) in [5.41, 5.74) is 1.68. The van der Waals surface area contributed by atoms with Crippen molar-refractivity contribution < 1.29 is 4.79 Å². The molecule has 0 heterocycles. The van der Waals surface area contributed by atoms with Gasteiger partial charge in [0, 0.05) is 0 Å². The minimum Gasteiger partial charge on any atom is -0.280 e. The smallest absolute Gasteiger partial charge is 0.232 e. The van der Waals surface area contributed by atoms with Gasteiger partial charge in [0.25, 0.3) is 0 Å². The van der Waals surface area contributed by atoms with Crippen molar-refractivity contribution in [2.24, 2.45) is 5.92 Å². The average molecular weight is 253 g/mol. The lowest BCUT2D eigenvalue weighted by atomic mass is 9.74. The summed E-state index contributed by atoms with van der Waals surface area (Å²) >= 11 is 5.78. The van der Waals surface area contributed by atoms with Gasteiger partial charge in [-0.15, -0.1) is 0 Å². The maximum atomic E-state index is 11.7. The normalized spacial score (nSPS) is 15.1. The first-order valence-corrected chi connectivity index (χ1v) is 6.48.